The molecule has 18 heavy (non-hydrogen) atoms. The fourth-order valence-corrected chi connectivity index (χ4v) is 2.09. The lowest BCUT2D eigenvalue weighted by molar-refractivity contribution is -0.142. The van der Waals surface area contributed by atoms with Gasteiger partial charge in [0.1, 0.15) is 0 Å². The number of rotatable bonds is 5. The van der Waals surface area contributed by atoms with Crippen molar-refractivity contribution in [2.45, 2.75) is 26.8 Å². The Hall–Kier alpha value is -1.30. The molecule has 1 aliphatic rings. The first-order valence-corrected chi connectivity index (χ1v) is 6.31. The van der Waals surface area contributed by atoms with E-state index in [4.69, 9.17) is 9.84 Å². The highest BCUT2D eigenvalue weighted by Gasteiger charge is 2.37. The predicted molar refractivity (Wildman–Crippen MR) is 66.3 cm³/mol. The number of likely N-dealkylation sites (tertiary alicyclic amines) is 1. The largest absolute Gasteiger partial charge is 0.481 e. The van der Waals surface area contributed by atoms with Crippen LogP contribution in [0.25, 0.3) is 0 Å². The fourth-order valence-electron chi connectivity index (χ4n) is 2.09. The zero-order valence-electron chi connectivity index (χ0n) is 11.2. The number of carbonyl (C=O) groups excluding carboxylic acids is 1. The number of carbonyl (C=O) groups is 2. The van der Waals surface area contributed by atoms with E-state index in [2.05, 4.69) is 5.32 Å². The van der Waals surface area contributed by atoms with E-state index in [-0.39, 0.29) is 24.5 Å². The molecule has 6 nitrogen and oxygen atoms in total. The quantitative estimate of drug-likeness (QED) is 0.763. The molecule has 1 rings (SSSR count). The van der Waals surface area contributed by atoms with Crippen LogP contribution in [0.5, 0.6) is 0 Å². The number of nitrogens with one attached hydrogen (secondary N) is 1. The van der Waals surface area contributed by atoms with E-state index in [1.165, 1.54) is 0 Å². The van der Waals surface area contributed by atoms with Crippen molar-refractivity contribution in [2.75, 3.05) is 26.3 Å². The number of hydrogen-bond donors (Lipinski definition) is 2. The van der Waals surface area contributed by atoms with Crippen LogP contribution in [0.15, 0.2) is 0 Å². The van der Waals surface area contributed by atoms with Gasteiger partial charge in [-0.05, 0) is 19.8 Å². The van der Waals surface area contributed by atoms with Gasteiger partial charge in [-0.1, -0.05) is 6.92 Å². The highest BCUT2D eigenvalue weighted by Crippen LogP contribution is 2.22. The molecule has 1 fully saturated rings. The Morgan fingerprint density at radius 3 is 2.67 bits per heavy atom. The van der Waals surface area contributed by atoms with Crippen LogP contribution >= 0.6 is 0 Å². The van der Waals surface area contributed by atoms with E-state index in [1.807, 2.05) is 20.8 Å². The van der Waals surface area contributed by atoms with E-state index < -0.39 is 11.9 Å². The van der Waals surface area contributed by atoms with Crippen molar-refractivity contribution in [3.8, 4) is 0 Å². The van der Waals surface area contributed by atoms with E-state index in [0.29, 0.717) is 19.8 Å². The topological polar surface area (TPSA) is 78.9 Å². The molecule has 0 radical (unpaired) electrons. The predicted octanol–water partition coefficient (Wildman–Crippen LogP) is 0.773. The molecule has 1 saturated heterocycles. The second kappa shape index (κ2) is 6.58. The molecule has 0 bridgehead atoms. The highest BCUT2D eigenvalue weighted by molar-refractivity contribution is 5.77. The Kier molecular flexibility index (Phi) is 5.40. The molecular weight excluding hydrogens is 236 g/mol. The summed E-state index contributed by atoms with van der Waals surface area (Å²) >= 11 is 0. The molecule has 0 spiro atoms. The Bertz CT molecular complexity index is 308. The second-order valence-corrected chi connectivity index (χ2v) is 4.84. The van der Waals surface area contributed by atoms with Crippen LogP contribution in [0.3, 0.4) is 0 Å². The molecule has 0 aromatic carbocycles. The zero-order valence-corrected chi connectivity index (χ0v) is 11.2. The van der Waals surface area contributed by atoms with Gasteiger partial charge in [0, 0.05) is 19.7 Å². The van der Waals surface area contributed by atoms with E-state index in [0.717, 1.165) is 0 Å². The Balaban J connectivity index is 2.42. The molecule has 6 heteroatoms. The van der Waals surface area contributed by atoms with Gasteiger partial charge in [0.25, 0.3) is 0 Å². The maximum Gasteiger partial charge on any atom is 0.317 e. The monoisotopic (exact) mass is 258 g/mol. The number of nitrogens with zero attached hydrogens (tertiary/aromatic N) is 1. The third-order valence-corrected chi connectivity index (χ3v) is 3.16. The average Bonchev–Trinajstić information content (AvgIpc) is 2.68. The number of carboxylic acid groups (broad SMARTS) is 1. The van der Waals surface area contributed by atoms with Crippen molar-refractivity contribution in [2.24, 2.45) is 11.8 Å². The SMILES string of the molecule is CCOCC(C)NC(=O)N1C[C@@H](C)[C@H](C(=O)O)C1. The lowest BCUT2D eigenvalue weighted by atomic mass is 9.99. The van der Waals surface area contributed by atoms with Gasteiger partial charge in [0.2, 0.25) is 0 Å². The van der Waals surface area contributed by atoms with Crippen LogP contribution in [-0.4, -0.2) is 54.4 Å². The van der Waals surface area contributed by atoms with Gasteiger partial charge < -0.3 is 20.1 Å². The number of urea groups is 1. The molecule has 1 unspecified atom stereocenters. The van der Waals surface area contributed by atoms with Gasteiger partial charge in [-0.3, -0.25) is 4.79 Å². The van der Waals surface area contributed by atoms with Crippen LogP contribution in [0.4, 0.5) is 4.79 Å². The summed E-state index contributed by atoms with van der Waals surface area (Å²) in [5, 5.41) is 11.8. The van der Waals surface area contributed by atoms with Crippen LogP contribution in [0, 0.1) is 11.8 Å². The van der Waals surface area contributed by atoms with Crippen molar-refractivity contribution in [3.05, 3.63) is 0 Å². The van der Waals surface area contributed by atoms with Gasteiger partial charge in [0.05, 0.1) is 18.6 Å². The van der Waals surface area contributed by atoms with Gasteiger partial charge in [-0.2, -0.15) is 0 Å². The van der Waals surface area contributed by atoms with E-state index in [1.54, 1.807) is 4.90 Å². The second-order valence-electron chi connectivity index (χ2n) is 4.84. The molecule has 1 aliphatic heterocycles. The van der Waals surface area contributed by atoms with Crippen molar-refractivity contribution < 1.29 is 19.4 Å². The minimum absolute atomic E-state index is 0.00421. The van der Waals surface area contributed by atoms with Gasteiger partial charge in [-0.25, -0.2) is 4.79 Å². The molecule has 0 aromatic heterocycles. The number of amides is 2. The zero-order chi connectivity index (χ0) is 13.7. The molecule has 2 amide bonds. The van der Waals surface area contributed by atoms with Crippen LogP contribution < -0.4 is 5.32 Å². The Morgan fingerprint density at radius 1 is 1.50 bits per heavy atom. The standard InChI is InChI=1S/C12H22N2O4/c1-4-18-7-9(3)13-12(17)14-5-8(2)10(6-14)11(15)16/h8-10H,4-7H2,1-3H3,(H,13,17)(H,15,16)/t8-,9?,10-/m1/s1. The van der Waals surface area contributed by atoms with Gasteiger partial charge >= 0.3 is 12.0 Å². The minimum Gasteiger partial charge on any atom is -0.481 e. The normalized spacial score (nSPS) is 24.9. The molecule has 0 saturated carbocycles. The summed E-state index contributed by atoms with van der Waals surface area (Å²) in [6, 6.07) is -0.283. The number of aliphatic carboxylic acids is 1. The summed E-state index contributed by atoms with van der Waals surface area (Å²) in [6.45, 7) is 7.47. The molecule has 2 N–H and O–H groups in total. The fraction of sp³-hybridized carbons (Fsp3) is 0.833. The van der Waals surface area contributed by atoms with Crippen LogP contribution in [0.1, 0.15) is 20.8 Å². The molecule has 1 heterocycles. The lowest BCUT2D eigenvalue weighted by Crippen LogP contribution is -2.44. The molecule has 104 valence electrons. The summed E-state index contributed by atoms with van der Waals surface area (Å²) in [4.78, 5) is 24.4. The van der Waals surface area contributed by atoms with Gasteiger partial charge in [-0.15, -0.1) is 0 Å². The maximum atomic E-state index is 11.9. The van der Waals surface area contributed by atoms with E-state index in [9.17, 15) is 9.59 Å². The van der Waals surface area contributed by atoms with Crippen molar-refractivity contribution in [3.63, 3.8) is 0 Å². The number of hydrogen-bond acceptors (Lipinski definition) is 3. The Labute approximate surface area is 107 Å². The first-order chi connectivity index (χ1) is 8.45. The third kappa shape index (κ3) is 3.87. The van der Waals surface area contributed by atoms with Crippen molar-refractivity contribution in [1.29, 1.82) is 0 Å². The summed E-state index contributed by atoms with van der Waals surface area (Å²) in [5.74, 6) is -1.30. The smallest absolute Gasteiger partial charge is 0.317 e. The van der Waals surface area contributed by atoms with Crippen molar-refractivity contribution in [1.82, 2.24) is 10.2 Å². The number of ether oxygens (including phenoxy) is 1. The molecule has 0 aromatic rings. The van der Waals surface area contributed by atoms with E-state index >= 15 is 0 Å². The molecule has 0 aliphatic carbocycles. The summed E-state index contributed by atoms with van der Waals surface area (Å²) in [7, 11) is 0. The van der Waals surface area contributed by atoms with Crippen molar-refractivity contribution >= 4 is 12.0 Å². The molecule has 3 atom stereocenters. The first-order valence-electron chi connectivity index (χ1n) is 6.31. The average molecular weight is 258 g/mol. The third-order valence-electron chi connectivity index (χ3n) is 3.16. The highest BCUT2D eigenvalue weighted by atomic mass is 16.5. The summed E-state index contributed by atoms with van der Waals surface area (Å²) in [5.41, 5.74) is 0. The summed E-state index contributed by atoms with van der Waals surface area (Å²) in [6.07, 6.45) is 0. The first kappa shape index (κ1) is 14.8. The summed E-state index contributed by atoms with van der Waals surface area (Å²) < 4.78 is 5.21. The van der Waals surface area contributed by atoms with Gasteiger partial charge in [0.15, 0.2) is 0 Å². The minimum atomic E-state index is -0.833. The van der Waals surface area contributed by atoms with Crippen LogP contribution in [0.2, 0.25) is 0 Å². The Morgan fingerprint density at radius 2 is 2.17 bits per heavy atom. The number of carboxylic acids is 1. The molecular formula is C12H22N2O4. The van der Waals surface area contributed by atoms with Crippen LogP contribution in [-0.2, 0) is 9.53 Å². The maximum absolute atomic E-state index is 11.9. The lowest BCUT2D eigenvalue weighted by Gasteiger charge is -2.20.